The van der Waals surface area contributed by atoms with E-state index >= 15 is 0 Å². The lowest BCUT2D eigenvalue weighted by Gasteiger charge is -2.27. The van der Waals surface area contributed by atoms with E-state index in [-0.39, 0.29) is 12.0 Å². The third-order valence-electron chi connectivity index (χ3n) is 4.43. The first-order valence-electron chi connectivity index (χ1n) is 8.12. The molecule has 1 fully saturated rings. The largest absolute Gasteiger partial charge is 0.407 e. The maximum Gasteiger partial charge on any atom is 0.407 e. The van der Waals surface area contributed by atoms with E-state index in [1.54, 1.807) is 0 Å². The van der Waals surface area contributed by atoms with Crippen LogP contribution in [0.2, 0.25) is 0 Å². The minimum atomic E-state index is -4.82. The SMILES string of the molecule is C#CC1(CC(=O)[C@H](CS(C)(=O)=O)N[C@@H](c2ccc(F)cc2)C(F)(F)F)CC1. The normalized spacial score (nSPS) is 18.4. The van der Waals surface area contributed by atoms with Crippen molar-refractivity contribution in [2.75, 3.05) is 12.0 Å². The van der Waals surface area contributed by atoms with Gasteiger partial charge in [-0.25, -0.2) is 12.8 Å². The van der Waals surface area contributed by atoms with E-state index < -0.39 is 50.9 Å². The van der Waals surface area contributed by atoms with Crippen LogP contribution in [0.15, 0.2) is 24.3 Å². The highest BCUT2D eigenvalue weighted by Gasteiger charge is 2.47. The first-order chi connectivity index (χ1) is 12.4. The van der Waals surface area contributed by atoms with Gasteiger partial charge in [0.2, 0.25) is 0 Å². The number of hydrogen-bond donors (Lipinski definition) is 1. The highest BCUT2D eigenvalue weighted by molar-refractivity contribution is 7.90. The van der Waals surface area contributed by atoms with Crippen LogP contribution in [0.25, 0.3) is 0 Å². The van der Waals surface area contributed by atoms with Gasteiger partial charge in [-0.3, -0.25) is 10.1 Å². The van der Waals surface area contributed by atoms with Crippen molar-refractivity contribution in [2.24, 2.45) is 5.41 Å². The molecule has 1 N–H and O–H groups in total. The Bertz CT molecular complexity index is 837. The second-order valence-electron chi connectivity index (χ2n) is 6.91. The predicted molar refractivity (Wildman–Crippen MR) is 92.0 cm³/mol. The number of hydrogen-bond acceptors (Lipinski definition) is 4. The predicted octanol–water partition coefficient (Wildman–Crippen LogP) is 2.80. The Morgan fingerprint density at radius 2 is 1.85 bits per heavy atom. The van der Waals surface area contributed by atoms with Gasteiger partial charge in [-0.1, -0.05) is 18.1 Å². The summed E-state index contributed by atoms with van der Waals surface area (Å²) < 4.78 is 76.9. The van der Waals surface area contributed by atoms with Crippen LogP contribution in [0.5, 0.6) is 0 Å². The van der Waals surface area contributed by atoms with Crippen molar-refractivity contribution in [3.63, 3.8) is 0 Å². The number of nitrogens with one attached hydrogen (secondary N) is 1. The number of terminal acetylenes is 1. The molecule has 0 radical (unpaired) electrons. The van der Waals surface area contributed by atoms with Gasteiger partial charge < -0.3 is 0 Å². The summed E-state index contributed by atoms with van der Waals surface area (Å²) in [6, 6.07) is -0.308. The van der Waals surface area contributed by atoms with Crippen LogP contribution in [-0.2, 0) is 14.6 Å². The zero-order valence-corrected chi connectivity index (χ0v) is 15.3. The lowest BCUT2D eigenvalue weighted by molar-refractivity contribution is -0.160. The van der Waals surface area contributed by atoms with Crippen LogP contribution >= 0.6 is 0 Å². The van der Waals surface area contributed by atoms with Crippen LogP contribution in [0.1, 0.15) is 30.9 Å². The number of rotatable bonds is 8. The van der Waals surface area contributed by atoms with E-state index in [0.29, 0.717) is 12.8 Å². The van der Waals surface area contributed by atoms with E-state index in [4.69, 9.17) is 6.42 Å². The summed E-state index contributed by atoms with van der Waals surface area (Å²) in [6.45, 7) is 0. The zero-order chi connectivity index (χ0) is 20.5. The molecule has 2 rings (SSSR count). The number of alkyl halides is 3. The molecule has 1 aliphatic rings. The molecule has 0 spiro atoms. The summed E-state index contributed by atoms with van der Waals surface area (Å²) in [5.74, 6) is 0.267. The molecule has 0 bridgehead atoms. The summed E-state index contributed by atoms with van der Waals surface area (Å²) in [6.07, 6.45) is 2.33. The number of benzene rings is 1. The summed E-state index contributed by atoms with van der Waals surface area (Å²) in [4.78, 5) is 12.5. The smallest absolute Gasteiger partial charge is 0.298 e. The molecule has 1 saturated carbocycles. The summed E-state index contributed by atoms with van der Waals surface area (Å²) in [5, 5.41) is 2.12. The number of carbonyl (C=O) groups is 1. The lowest BCUT2D eigenvalue weighted by Crippen LogP contribution is -2.48. The second kappa shape index (κ2) is 7.60. The highest BCUT2D eigenvalue weighted by Crippen LogP contribution is 2.48. The molecule has 0 unspecified atom stereocenters. The molecule has 0 aliphatic heterocycles. The molecule has 0 amide bonds. The molecule has 0 heterocycles. The van der Waals surface area contributed by atoms with Gasteiger partial charge in [-0.15, -0.1) is 6.42 Å². The Kier molecular flexibility index (Phi) is 6.02. The average Bonchev–Trinajstić information content (AvgIpc) is 3.30. The minimum Gasteiger partial charge on any atom is -0.298 e. The Morgan fingerprint density at radius 1 is 1.30 bits per heavy atom. The van der Waals surface area contributed by atoms with Crippen molar-refractivity contribution in [3.05, 3.63) is 35.6 Å². The summed E-state index contributed by atoms with van der Waals surface area (Å²) in [7, 11) is -3.75. The van der Waals surface area contributed by atoms with E-state index in [0.717, 1.165) is 30.5 Å². The number of halogens is 4. The van der Waals surface area contributed by atoms with E-state index in [1.165, 1.54) is 0 Å². The van der Waals surface area contributed by atoms with Crippen molar-refractivity contribution in [1.82, 2.24) is 5.32 Å². The van der Waals surface area contributed by atoms with E-state index in [2.05, 4.69) is 11.2 Å². The van der Waals surface area contributed by atoms with Gasteiger partial charge in [0.1, 0.15) is 21.7 Å². The second-order valence-corrected chi connectivity index (χ2v) is 9.09. The molecule has 2 atom stereocenters. The standard InChI is InChI=1S/C18H19F4NO3S/c1-3-17(8-9-17)10-15(24)14(11-27(2,25)26)23-16(18(20,21)22)12-4-6-13(19)7-5-12/h1,4-7,14,16,23H,8-11H2,2H3/t14-,16-/m0/s1. The van der Waals surface area contributed by atoms with Crippen LogP contribution in [0.3, 0.4) is 0 Å². The molecule has 4 nitrogen and oxygen atoms in total. The monoisotopic (exact) mass is 405 g/mol. The quantitative estimate of drug-likeness (QED) is 0.534. The molecular formula is C18H19F4NO3S. The first-order valence-corrected chi connectivity index (χ1v) is 10.2. The fourth-order valence-electron chi connectivity index (χ4n) is 2.75. The van der Waals surface area contributed by atoms with Crippen molar-refractivity contribution in [1.29, 1.82) is 0 Å². The Hall–Kier alpha value is -1.92. The summed E-state index contributed by atoms with van der Waals surface area (Å²) in [5.41, 5.74) is -1.02. The van der Waals surface area contributed by atoms with Gasteiger partial charge in [-0.2, -0.15) is 13.2 Å². The number of Topliss-reactive ketones (excluding diaryl/α,β-unsaturated/α-hetero) is 1. The number of sulfone groups is 1. The molecule has 27 heavy (non-hydrogen) atoms. The molecule has 1 aromatic carbocycles. The van der Waals surface area contributed by atoms with Gasteiger partial charge in [-0.05, 0) is 30.5 Å². The molecule has 148 valence electrons. The van der Waals surface area contributed by atoms with Gasteiger partial charge in [0.05, 0.1) is 11.8 Å². The van der Waals surface area contributed by atoms with Crippen LogP contribution < -0.4 is 5.32 Å². The van der Waals surface area contributed by atoms with Gasteiger partial charge in [0.25, 0.3) is 0 Å². The van der Waals surface area contributed by atoms with Crippen LogP contribution in [-0.4, -0.2) is 38.4 Å². The third kappa shape index (κ3) is 6.04. The Morgan fingerprint density at radius 3 is 2.26 bits per heavy atom. The zero-order valence-electron chi connectivity index (χ0n) is 14.5. The number of carbonyl (C=O) groups excluding carboxylic acids is 1. The maximum atomic E-state index is 13.5. The van der Waals surface area contributed by atoms with Crippen molar-refractivity contribution < 1.29 is 30.8 Å². The fraction of sp³-hybridized carbons (Fsp3) is 0.500. The molecule has 0 aromatic heterocycles. The molecular weight excluding hydrogens is 386 g/mol. The highest BCUT2D eigenvalue weighted by atomic mass is 32.2. The van der Waals surface area contributed by atoms with Crippen LogP contribution in [0.4, 0.5) is 17.6 Å². The van der Waals surface area contributed by atoms with Crippen molar-refractivity contribution >= 4 is 15.6 Å². The summed E-state index contributed by atoms with van der Waals surface area (Å²) >= 11 is 0. The van der Waals surface area contributed by atoms with Gasteiger partial charge >= 0.3 is 6.18 Å². The Labute approximate surface area is 155 Å². The topological polar surface area (TPSA) is 63.2 Å². The maximum absolute atomic E-state index is 13.5. The average molecular weight is 405 g/mol. The fourth-order valence-corrected chi connectivity index (χ4v) is 3.64. The Balaban J connectivity index is 2.30. The molecule has 9 heteroatoms. The number of ketones is 1. The van der Waals surface area contributed by atoms with Gasteiger partial charge in [0, 0.05) is 18.1 Å². The minimum absolute atomic E-state index is 0.190. The van der Waals surface area contributed by atoms with Gasteiger partial charge in [0.15, 0.2) is 5.78 Å². The van der Waals surface area contributed by atoms with Crippen molar-refractivity contribution in [2.45, 2.75) is 37.5 Å². The lowest BCUT2D eigenvalue weighted by atomic mass is 9.96. The van der Waals surface area contributed by atoms with E-state index in [1.807, 2.05) is 0 Å². The first kappa shape index (κ1) is 21.4. The molecule has 1 aliphatic carbocycles. The molecule has 1 aromatic rings. The third-order valence-corrected chi connectivity index (χ3v) is 5.37. The molecule has 0 saturated heterocycles. The van der Waals surface area contributed by atoms with Crippen LogP contribution in [0, 0.1) is 23.6 Å². The van der Waals surface area contributed by atoms with Crippen molar-refractivity contribution in [3.8, 4) is 12.3 Å². The van der Waals surface area contributed by atoms with E-state index in [9.17, 15) is 30.8 Å².